The number of hydrogen-bond donors (Lipinski definition) is 4. The standard InChI is InChI=1S/C8H10N8O4S/c9-11-5-1-2-6(16(17)18)7(3-5)21(19,20)10-4-8-12-14-15-13-8/h1-3,10-11H,4,9H2,(H,12,13,14,15). The summed E-state index contributed by atoms with van der Waals surface area (Å²) in [6.07, 6.45) is 0. The summed E-state index contributed by atoms with van der Waals surface area (Å²) < 4.78 is 26.4. The fraction of sp³-hybridized carbons (Fsp3) is 0.125. The van der Waals surface area contributed by atoms with Gasteiger partial charge in [-0.3, -0.25) is 16.0 Å². The number of aromatic amines is 1. The van der Waals surface area contributed by atoms with Gasteiger partial charge in [-0.1, -0.05) is 5.21 Å². The zero-order chi connectivity index (χ0) is 15.5. The van der Waals surface area contributed by atoms with Crippen LogP contribution in [0, 0.1) is 10.1 Å². The SMILES string of the molecule is NNc1ccc([N+](=O)[O-])c(S(=O)(=O)NCc2nn[nH]n2)c1. The number of anilines is 1. The Hall–Kier alpha value is -2.64. The second-order valence-corrected chi connectivity index (χ2v) is 5.47. The molecule has 0 saturated heterocycles. The van der Waals surface area contributed by atoms with E-state index in [9.17, 15) is 18.5 Å². The number of sulfonamides is 1. The first-order chi connectivity index (χ1) is 9.94. The van der Waals surface area contributed by atoms with Crippen LogP contribution in [0.1, 0.15) is 5.82 Å². The Morgan fingerprint density at radius 1 is 1.43 bits per heavy atom. The van der Waals surface area contributed by atoms with Crippen molar-refractivity contribution in [2.24, 2.45) is 5.84 Å². The predicted molar refractivity (Wildman–Crippen MR) is 69.1 cm³/mol. The Kier molecular flexibility index (Phi) is 4.06. The van der Waals surface area contributed by atoms with Crippen molar-refractivity contribution in [1.82, 2.24) is 25.3 Å². The predicted octanol–water partition coefficient (Wildman–Crippen LogP) is -1.13. The summed E-state index contributed by atoms with van der Waals surface area (Å²) in [6, 6.07) is 3.38. The molecule has 0 radical (unpaired) electrons. The highest BCUT2D eigenvalue weighted by Gasteiger charge is 2.26. The van der Waals surface area contributed by atoms with Crippen molar-refractivity contribution in [1.29, 1.82) is 0 Å². The first kappa shape index (κ1) is 14.8. The Labute approximate surface area is 117 Å². The number of tetrazole rings is 1. The third kappa shape index (κ3) is 3.28. The highest BCUT2D eigenvalue weighted by Crippen LogP contribution is 2.26. The molecular weight excluding hydrogens is 304 g/mol. The summed E-state index contributed by atoms with van der Waals surface area (Å²) in [5, 5.41) is 23.5. The Bertz CT molecular complexity index is 744. The van der Waals surface area contributed by atoms with Crippen molar-refractivity contribution in [3.63, 3.8) is 0 Å². The fourth-order valence-electron chi connectivity index (χ4n) is 1.46. The smallest absolute Gasteiger partial charge is 0.289 e. The minimum atomic E-state index is -4.15. The molecule has 2 rings (SSSR count). The van der Waals surface area contributed by atoms with Crippen LogP contribution in [0.3, 0.4) is 0 Å². The molecule has 112 valence electrons. The van der Waals surface area contributed by atoms with Gasteiger partial charge in [0.1, 0.15) is 0 Å². The van der Waals surface area contributed by atoms with E-state index in [0.29, 0.717) is 0 Å². The van der Waals surface area contributed by atoms with Gasteiger partial charge < -0.3 is 5.43 Å². The van der Waals surface area contributed by atoms with Gasteiger partial charge in [-0.25, -0.2) is 13.1 Å². The van der Waals surface area contributed by atoms with Crippen molar-refractivity contribution in [3.05, 3.63) is 34.1 Å². The van der Waals surface area contributed by atoms with Crippen LogP contribution in [0.25, 0.3) is 0 Å². The van der Waals surface area contributed by atoms with E-state index < -0.39 is 25.5 Å². The summed E-state index contributed by atoms with van der Waals surface area (Å²) in [5.74, 6) is 5.26. The molecular formula is C8H10N8O4S. The van der Waals surface area contributed by atoms with Crippen LogP contribution in [0.15, 0.2) is 23.1 Å². The van der Waals surface area contributed by atoms with Gasteiger partial charge in [-0.2, -0.15) is 5.21 Å². The lowest BCUT2D eigenvalue weighted by Gasteiger charge is -2.07. The lowest BCUT2D eigenvalue weighted by molar-refractivity contribution is -0.387. The number of nitro benzene ring substituents is 1. The number of hydrazine groups is 1. The topological polar surface area (TPSA) is 182 Å². The van der Waals surface area contributed by atoms with E-state index >= 15 is 0 Å². The average molecular weight is 314 g/mol. The summed E-state index contributed by atoms with van der Waals surface area (Å²) in [5.41, 5.74) is 1.86. The molecule has 1 aromatic carbocycles. The van der Waals surface area contributed by atoms with Gasteiger partial charge in [-0.15, -0.1) is 10.2 Å². The number of aromatic nitrogens is 4. The van der Waals surface area contributed by atoms with Gasteiger partial charge in [0, 0.05) is 6.07 Å². The van der Waals surface area contributed by atoms with Crippen LogP contribution < -0.4 is 16.0 Å². The van der Waals surface area contributed by atoms with Gasteiger partial charge in [0.15, 0.2) is 10.7 Å². The van der Waals surface area contributed by atoms with Gasteiger partial charge >= 0.3 is 0 Å². The molecule has 0 atom stereocenters. The number of nitro groups is 1. The van der Waals surface area contributed by atoms with Crippen LogP contribution in [0.5, 0.6) is 0 Å². The van der Waals surface area contributed by atoms with Crippen LogP contribution in [0.4, 0.5) is 11.4 Å². The van der Waals surface area contributed by atoms with E-state index in [-0.39, 0.29) is 18.1 Å². The molecule has 1 heterocycles. The molecule has 5 N–H and O–H groups in total. The molecule has 12 nitrogen and oxygen atoms in total. The Morgan fingerprint density at radius 3 is 2.76 bits per heavy atom. The van der Waals surface area contributed by atoms with Crippen molar-refractivity contribution >= 4 is 21.4 Å². The minimum absolute atomic E-state index is 0.0920. The van der Waals surface area contributed by atoms with Crippen LogP contribution in [-0.4, -0.2) is 34.0 Å². The lowest BCUT2D eigenvalue weighted by Crippen LogP contribution is -2.25. The summed E-state index contributed by atoms with van der Waals surface area (Å²) in [4.78, 5) is 9.60. The Balaban J connectivity index is 2.35. The highest BCUT2D eigenvalue weighted by molar-refractivity contribution is 7.89. The van der Waals surface area contributed by atoms with Gasteiger partial charge in [-0.05, 0) is 12.1 Å². The molecule has 0 bridgehead atoms. The quantitative estimate of drug-likeness (QED) is 0.291. The summed E-state index contributed by atoms with van der Waals surface area (Å²) in [6.45, 7) is -0.268. The second kappa shape index (κ2) is 5.78. The number of hydrogen-bond acceptors (Lipinski definition) is 9. The third-order valence-corrected chi connectivity index (χ3v) is 3.85. The molecule has 0 amide bonds. The molecule has 2 aromatic rings. The van der Waals surface area contributed by atoms with Crippen LogP contribution in [-0.2, 0) is 16.6 Å². The lowest BCUT2D eigenvalue weighted by atomic mass is 10.3. The van der Waals surface area contributed by atoms with Gasteiger partial charge in [0.25, 0.3) is 5.69 Å². The molecule has 0 aliphatic heterocycles. The molecule has 0 aliphatic rings. The molecule has 0 saturated carbocycles. The molecule has 1 aromatic heterocycles. The summed E-state index contributed by atoms with van der Waals surface area (Å²) >= 11 is 0. The molecule has 21 heavy (non-hydrogen) atoms. The highest BCUT2D eigenvalue weighted by atomic mass is 32.2. The van der Waals surface area contributed by atoms with Gasteiger partial charge in [0.2, 0.25) is 10.0 Å². The van der Waals surface area contributed by atoms with Crippen molar-refractivity contribution in [2.75, 3.05) is 5.43 Å². The van der Waals surface area contributed by atoms with E-state index in [1.165, 1.54) is 6.07 Å². The number of nitrogen functional groups attached to an aromatic ring is 1. The molecule has 13 heteroatoms. The van der Waals surface area contributed by atoms with Crippen molar-refractivity contribution in [2.45, 2.75) is 11.4 Å². The zero-order valence-electron chi connectivity index (χ0n) is 10.3. The normalized spacial score (nSPS) is 11.3. The number of H-pyrrole nitrogens is 1. The van der Waals surface area contributed by atoms with Crippen molar-refractivity contribution in [3.8, 4) is 0 Å². The number of nitrogens with one attached hydrogen (secondary N) is 3. The maximum atomic E-state index is 12.2. The first-order valence-corrected chi connectivity index (χ1v) is 6.89. The number of benzene rings is 1. The molecule has 0 unspecified atom stereocenters. The molecule has 0 fully saturated rings. The van der Waals surface area contributed by atoms with Gasteiger partial charge in [0.05, 0.1) is 17.2 Å². The number of nitrogens with two attached hydrogens (primary N) is 1. The minimum Gasteiger partial charge on any atom is -0.324 e. The molecule has 0 aliphatic carbocycles. The number of rotatable bonds is 6. The zero-order valence-corrected chi connectivity index (χ0v) is 11.2. The largest absolute Gasteiger partial charge is 0.324 e. The Morgan fingerprint density at radius 2 is 2.19 bits per heavy atom. The van der Waals surface area contributed by atoms with Crippen LogP contribution >= 0.6 is 0 Å². The van der Waals surface area contributed by atoms with Crippen LogP contribution in [0.2, 0.25) is 0 Å². The molecule has 0 spiro atoms. The van der Waals surface area contributed by atoms with Crippen molar-refractivity contribution < 1.29 is 13.3 Å². The second-order valence-electron chi connectivity index (χ2n) is 3.74. The van der Waals surface area contributed by atoms with E-state index in [1.54, 1.807) is 0 Å². The average Bonchev–Trinajstić information content (AvgIpc) is 2.98. The maximum Gasteiger partial charge on any atom is 0.289 e. The monoisotopic (exact) mass is 314 g/mol. The maximum absolute atomic E-state index is 12.2. The van der Waals surface area contributed by atoms with E-state index in [1.807, 2.05) is 0 Å². The fourth-order valence-corrected chi connectivity index (χ4v) is 2.64. The van der Waals surface area contributed by atoms with E-state index in [4.69, 9.17) is 5.84 Å². The first-order valence-electron chi connectivity index (χ1n) is 5.41. The van der Waals surface area contributed by atoms with E-state index in [0.717, 1.165) is 12.1 Å². The summed E-state index contributed by atoms with van der Waals surface area (Å²) in [7, 11) is -4.15. The number of nitrogens with zero attached hydrogens (tertiary/aromatic N) is 4. The van der Waals surface area contributed by atoms with E-state index in [2.05, 4.69) is 30.8 Å². The third-order valence-electron chi connectivity index (χ3n) is 2.42.